The third kappa shape index (κ3) is 4.69. The van der Waals surface area contributed by atoms with Gasteiger partial charge in [0.1, 0.15) is 11.4 Å². The van der Waals surface area contributed by atoms with Crippen LogP contribution in [0.2, 0.25) is 0 Å². The van der Waals surface area contributed by atoms with Crippen molar-refractivity contribution in [3.63, 3.8) is 0 Å². The Kier molecular flexibility index (Phi) is 5.99. The molecule has 8 nitrogen and oxygen atoms in total. The highest BCUT2D eigenvalue weighted by molar-refractivity contribution is 6.06. The molecule has 2 aliphatic heterocycles. The van der Waals surface area contributed by atoms with Gasteiger partial charge in [0, 0.05) is 31.4 Å². The van der Waals surface area contributed by atoms with E-state index < -0.39 is 11.6 Å². The monoisotopic (exact) mass is 470 g/mol. The van der Waals surface area contributed by atoms with E-state index in [1.54, 1.807) is 23.1 Å². The first-order chi connectivity index (χ1) is 15.9. The number of amides is 4. The van der Waals surface area contributed by atoms with Crippen molar-refractivity contribution in [2.45, 2.75) is 59.0 Å². The molecule has 1 unspecified atom stereocenters. The van der Waals surface area contributed by atoms with E-state index in [0.717, 1.165) is 0 Å². The topological polar surface area (TPSA) is 91.8 Å². The molecular weight excluding hydrogens is 439 g/mol. The van der Waals surface area contributed by atoms with Crippen molar-refractivity contribution >= 4 is 34.6 Å². The number of benzene rings is 1. The highest BCUT2D eigenvalue weighted by atomic mass is 19.1. The highest BCUT2D eigenvalue weighted by Gasteiger charge is 2.41. The van der Waals surface area contributed by atoms with Crippen molar-refractivity contribution in [2.75, 3.05) is 24.5 Å². The maximum Gasteiger partial charge on any atom is 0.410 e. The zero-order valence-electron chi connectivity index (χ0n) is 20.3. The van der Waals surface area contributed by atoms with Gasteiger partial charge in [0.05, 0.1) is 17.4 Å². The smallest absolute Gasteiger partial charge is 0.410 e. The van der Waals surface area contributed by atoms with Crippen LogP contribution in [0.25, 0.3) is 10.9 Å². The number of rotatable bonds is 2. The molecule has 2 aliphatic rings. The molecule has 1 N–H and O–H groups in total. The molecule has 34 heavy (non-hydrogen) atoms. The number of hydrogen-bond acceptors (Lipinski definition) is 5. The van der Waals surface area contributed by atoms with Crippen LogP contribution in [0.15, 0.2) is 24.4 Å². The Morgan fingerprint density at radius 3 is 2.62 bits per heavy atom. The SMILES string of the molecule is CC(C)(C)OC(=O)N1CCC(c2ccc3ncc(N4CCC(=O)NC4=O)cc3c2F)C(C)(C)C1. The molecule has 2 fully saturated rings. The van der Waals surface area contributed by atoms with Crippen molar-refractivity contribution in [1.29, 1.82) is 0 Å². The quantitative estimate of drug-likeness (QED) is 0.694. The van der Waals surface area contributed by atoms with E-state index in [2.05, 4.69) is 10.3 Å². The van der Waals surface area contributed by atoms with E-state index in [-0.39, 0.29) is 42.1 Å². The maximum atomic E-state index is 15.9. The average molecular weight is 471 g/mol. The van der Waals surface area contributed by atoms with E-state index >= 15 is 4.39 Å². The van der Waals surface area contributed by atoms with E-state index in [1.165, 1.54) is 11.1 Å². The van der Waals surface area contributed by atoms with Gasteiger partial charge in [-0.1, -0.05) is 19.9 Å². The Morgan fingerprint density at radius 1 is 1.24 bits per heavy atom. The molecule has 182 valence electrons. The van der Waals surface area contributed by atoms with Gasteiger partial charge >= 0.3 is 12.1 Å². The number of ether oxygens (including phenoxy) is 1. The van der Waals surface area contributed by atoms with Crippen LogP contribution < -0.4 is 10.2 Å². The van der Waals surface area contributed by atoms with Crippen molar-refractivity contribution < 1.29 is 23.5 Å². The Morgan fingerprint density at radius 2 is 1.97 bits per heavy atom. The first-order valence-electron chi connectivity index (χ1n) is 11.5. The summed E-state index contributed by atoms with van der Waals surface area (Å²) in [6.07, 6.45) is 1.93. The Labute approximate surface area is 198 Å². The predicted molar refractivity (Wildman–Crippen MR) is 126 cm³/mol. The number of carbonyl (C=O) groups excluding carboxylic acids is 3. The molecule has 4 amide bonds. The third-order valence-electron chi connectivity index (χ3n) is 6.44. The summed E-state index contributed by atoms with van der Waals surface area (Å²) in [4.78, 5) is 43.7. The van der Waals surface area contributed by atoms with Gasteiger partial charge in [0.2, 0.25) is 5.91 Å². The summed E-state index contributed by atoms with van der Waals surface area (Å²) in [6.45, 7) is 10.7. The molecule has 0 bridgehead atoms. The molecule has 0 aliphatic carbocycles. The third-order valence-corrected chi connectivity index (χ3v) is 6.44. The second-order valence-corrected chi connectivity index (χ2v) is 10.7. The summed E-state index contributed by atoms with van der Waals surface area (Å²) in [6, 6.07) is 4.63. The van der Waals surface area contributed by atoms with Crippen LogP contribution in [-0.4, -0.2) is 53.2 Å². The number of fused-ring (bicyclic) bond motifs is 1. The summed E-state index contributed by atoms with van der Waals surface area (Å²) >= 11 is 0. The first-order valence-corrected chi connectivity index (χ1v) is 11.5. The Bertz CT molecular complexity index is 1160. The number of pyridine rings is 1. The first kappa shape index (κ1) is 23.9. The second kappa shape index (κ2) is 8.52. The van der Waals surface area contributed by atoms with E-state index in [4.69, 9.17) is 4.74 Å². The molecule has 4 rings (SSSR count). The lowest BCUT2D eigenvalue weighted by Gasteiger charge is -2.44. The van der Waals surface area contributed by atoms with Crippen LogP contribution in [0.4, 0.5) is 19.7 Å². The van der Waals surface area contributed by atoms with Gasteiger partial charge in [0.25, 0.3) is 0 Å². The lowest BCUT2D eigenvalue weighted by atomic mass is 9.70. The number of anilines is 1. The number of likely N-dealkylation sites (tertiary alicyclic amines) is 1. The van der Waals surface area contributed by atoms with Crippen LogP contribution >= 0.6 is 0 Å². The number of piperidine rings is 1. The highest BCUT2D eigenvalue weighted by Crippen LogP contribution is 2.44. The minimum Gasteiger partial charge on any atom is -0.444 e. The number of halogens is 1. The van der Waals surface area contributed by atoms with Crippen molar-refractivity contribution in [1.82, 2.24) is 15.2 Å². The Hall–Kier alpha value is -3.23. The molecule has 9 heteroatoms. The van der Waals surface area contributed by atoms with Gasteiger partial charge in [-0.25, -0.2) is 14.0 Å². The normalized spacial score (nSPS) is 20.9. The molecule has 1 atom stereocenters. The van der Waals surface area contributed by atoms with Crippen LogP contribution in [0.1, 0.15) is 58.9 Å². The van der Waals surface area contributed by atoms with Crippen LogP contribution in [0, 0.1) is 11.2 Å². The van der Waals surface area contributed by atoms with Gasteiger partial charge in [-0.2, -0.15) is 0 Å². The lowest BCUT2D eigenvalue weighted by molar-refractivity contribution is -0.120. The number of nitrogens with one attached hydrogen (secondary N) is 1. The van der Waals surface area contributed by atoms with Gasteiger partial charge in [-0.05, 0) is 56.2 Å². The molecule has 0 spiro atoms. The zero-order valence-corrected chi connectivity index (χ0v) is 20.3. The number of urea groups is 1. The molecule has 3 heterocycles. The lowest BCUT2D eigenvalue weighted by Crippen LogP contribution is -2.49. The summed E-state index contributed by atoms with van der Waals surface area (Å²) in [7, 11) is 0. The molecule has 1 aromatic heterocycles. The fourth-order valence-corrected chi connectivity index (χ4v) is 4.81. The minimum absolute atomic E-state index is 0.116. The summed E-state index contributed by atoms with van der Waals surface area (Å²) in [5.74, 6) is -0.817. The molecule has 0 saturated carbocycles. The summed E-state index contributed by atoms with van der Waals surface area (Å²) in [5.41, 5.74) is 0.529. The average Bonchev–Trinajstić information content (AvgIpc) is 2.73. The fraction of sp³-hybridized carbons (Fsp3) is 0.520. The standard InChI is InChI=1S/C25H31FN4O4/c1-24(2,3)34-23(33)29-10-8-18(25(4,5)14-29)16-6-7-19-17(21(16)26)12-15(13-27-19)30-11-9-20(31)28-22(30)32/h6-7,12-13,18H,8-11,14H2,1-5H3,(H,28,31,32). The Balaban J connectivity index is 1.62. The fourth-order valence-electron chi connectivity index (χ4n) is 4.81. The zero-order chi connectivity index (χ0) is 24.8. The number of carbonyl (C=O) groups is 3. The second-order valence-electron chi connectivity index (χ2n) is 10.7. The predicted octanol–water partition coefficient (Wildman–Crippen LogP) is 4.57. The maximum absolute atomic E-state index is 15.9. The van der Waals surface area contributed by atoms with Gasteiger partial charge in [-0.15, -0.1) is 0 Å². The molecule has 0 radical (unpaired) electrons. The van der Waals surface area contributed by atoms with E-state index in [9.17, 15) is 14.4 Å². The number of aromatic nitrogens is 1. The van der Waals surface area contributed by atoms with E-state index in [1.807, 2.05) is 34.6 Å². The summed E-state index contributed by atoms with van der Waals surface area (Å²) < 4.78 is 21.4. The van der Waals surface area contributed by atoms with Crippen molar-refractivity contribution in [3.05, 3.63) is 35.8 Å². The molecule has 2 aromatic rings. The summed E-state index contributed by atoms with van der Waals surface area (Å²) in [5, 5.41) is 2.60. The number of nitrogens with zero attached hydrogens (tertiary/aromatic N) is 3. The van der Waals surface area contributed by atoms with Crippen LogP contribution in [-0.2, 0) is 9.53 Å². The van der Waals surface area contributed by atoms with E-state index in [0.29, 0.717) is 41.7 Å². The van der Waals surface area contributed by atoms with Gasteiger partial charge < -0.3 is 9.64 Å². The number of hydrogen-bond donors (Lipinski definition) is 1. The van der Waals surface area contributed by atoms with Crippen molar-refractivity contribution in [2.24, 2.45) is 5.41 Å². The van der Waals surface area contributed by atoms with Crippen LogP contribution in [0.3, 0.4) is 0 Å². The molecule has 1 aromatic carbocycles. The van der Waals surface area contributed by atoms with Crippen molar-refractivity contribution in [3.8, 4) is 0 Å². The van der Waals surface area contributed by atoms with Gasteiger partial charge in [-0.3, -0.25) is 20.0 Å². The molecular formula is C25H31FN4O4. The largest absolute Gasteiger partial charge is 0.444 e. The number of imide groups is 1. The molecule has 2 saturated heterocycles. The minimum atomic E-state index is -0.578. The van der Waals surface area contributed by atoms with Crippen LogP contribution in [0.5, 0.6) is 0 Å². The van der Waals surface area contributed by atoms with Gasteiger partial charge in [0.15, 0.2) is 0 Å².